The fourth-order valence-corrected chi connectivity index (χ4v) is 2.37. The first-order chi connectivity index (χ1) is 11.2. The van der Waals surface area contributed by atoms with Gasteiger partial charge in [0.1, 0.15) is 0 Å². The predicted octanol–water partition coefficient (Wildman–Crippen LogP) is 0.904. The molecule has 0 radical (unpaired) electrons. The Hall–Kier alpha value is -3.04. The molecule has 0 bridgehead atoms. The van der Waals surface area contributed by atoms with Crippen molar-refractivity contribution in [1.82, 2.24) is 30.2 Å². The third-order valence-corrected chi connectivity index (χ3v) is 3.57. The zero-order valence-corrected chi connectivity index (χ0v) is 12.5. The number of urea groups is 2. The Bertz CT molecular complexity index is 583. The summed E-state index contributed by atoms with van der Waals surface area (Å²) < 4.78 is 0. The molecule has 4 amide bonds. The summed E-state index contributed by atoms with van der Waals surface area (Å²) in [6.45, 7) is 2.14. The molecular formula is C13H18N8O2. The minimum Gasteiger partial charge on any atom is -0.323 e. The van der Waals surface area contributed by atoms with Crippen LogP contribution in [0.15, 0.2) is 24.8 Å². The van der Waals surface area contributed by atoms with E-state index in [9.17, 15) is 9.59 Å². The van der Waals surface area contributed by atoms with Gasteiger partial charge in [-0.05, 0) is 6.42 Å². The number of aromatic nitrogens is 4. The summed E-state index contributed by atoms with van der Waals surface area (Å²) in [4.78, 5) is 27.8. The molecule has 2 aromatic heterocycles. The summed E-state index contributed by atoms with van der Waals surface area (Å²) in [5.74, 6) is 0. The number of aromatic amines is 2. The van der Waals surface area contributed by atoms with Crippen molar-refractivity contribution in [3.8, 4) is 0 Å². The smallest absolute Gasteiger partial charge is 0.321 e. The molecule has 122 valence electrons. The molecule has 0 atom stereocenters. The van der Waals surface area contributed by atoms with Gasteiger partial charge in [-0.1, -0.05) is 0 Å². The van der Waals surface area contributed by atoms with Gasteiger partial charge < -0.3 is 20.4 Å². The summed E-state index contributed by atoms with van der Waals surface area (Å²) >= 11 is 0. The highest BCUT2D eigenvalue weighted by atomic mass is 16.2. The molecule has 10 heteroatoms. The number of hydrogen-bond donors (Lipinski definition) is 4. The number of carbonyl (C=O) groups is 2. The second-order valence-corrected chi connectivity index (χ2v) is 5.16. The largest absolute Gasteiger partial charge is 0.323 e. The van der Waals surface area contributed by atoms with Crippen LogP contribution in [0.2, 0.25) is 0 Å². The van der Waals surface area contributed by atoms with E-state index >= 15 is 0 Å². The maximum absolute atomic E-state index is 12.2. The van der Waals surface area contributed by atoms with Crippen molar-refractivity contribution in [1.29, 1.82) is 0 Å². The second kappa shape index (κ2) is 6.81. The van der Waals surface area contributed by atoms with Gasteiger partial charge >= 0.3 is 12.1 Å². The monoisotopic (exact) mass is 318 g/mol. The number of anilines is 2. The number of rotatable bonds is 2. The van der Waals surface area contributed by atoms with Crippen LogP contribution in [0.1, 0.15) is 6.42 Å². The van der Waals surface area contributed by atoms with Gasteiger partial charge in [0.05, 0.1) is 23.8 Å². The summed E-state index contributed by atoms with van der Waals surface area (Å²) in [6, 6.07) is -0.382. The van der Waals surface area contributed by atoms with Crippen molar-refractivity contribution >= 4 is 23.4 Å². The van der Waals surface area contributed by atoms with Crippen molar-refractivity contribution in [2.24, 2.45) is 0 Å². The maximum atomic E-state index is 12.2. The lowest BCUT2D eigenvalue weighted by Gasteiger charge is -2.22. The van der Waals surface area contributed by atoms with E-state index in [0.717, 1.165) is 6.42 Å². The summed E-state index contributed by atoms with van der Waals surface area (Å²) in [5, 5.41) is 18.4. The van der Waals surface area contributed by atoms with Gasteiger partial charge in [0.25, 0.3) is 0 Å². The first-order valence-corrected chi connectivity index (χ1v) is 7.32. The van der Waals surface area contributed by atoms with Crippen LogP contribution >= 0.6 is 0 Å². The Morgan fingerprint density at radius 1 is 0.870 bits per heavy atom. The molecule has 3 heterocycles. The van der Waals surface area contributed by atoms with Crippen molar-refractivity contribution in [3.63, 3.8) is 0 Å². The van der Waals surface area contributed by atoms with Gasteiger partial charge in [-0.2, -0.15) is 10.2 Å². The Balaban J connectivity index is 1.52. The Labute approximate surface area is 132 Å². The molecule has 1 aliphatic rings. The predicted molar refractivity (Wildman–Crippen MR) is 83.0 cm³/mol. The number of nitrogens with zero attached hydrogens (tertiary/aromatic N) is 4. The van der Waals surface area contributed by atoms with Crippen molar-refractivity contribution in [2.75, 3.05) is 36.8 Å². The summed E-state index contributed by atoms with van der Waals surface area (Å²) in [5.41, 5.74) is 1.24. The van der Waals surface area contributed by atoms with Gasteiger partial charge in [0.2, 0.25) is 0 Å². The fraction of sp³-hybridized carbons (Fsp3) is 0.385. The molecule has 3 rings (SSSR count). The van der Waals surface area contributed by atoms with Crippen LogP contribution in [0, 0.1) is 0 Å². The molecule has 4 N–H and O–H groups in total. The molecule has 10 nitrogen and oxygen atoms in total. The molecule has 2 aromatic rings. The third-order valence-electron chi connectivity index (χ3n) is 3.57. The standard InChI is InChI=1S/C13H18N8O2/c22-12(18-10-6-14-15-7-10)20-2-1-3-21(5-4-20)13(23)19-11-8-16-17-9-11/h6-9H,1-5H2,(H,14,15)(H,16,17)(H,18,22)(H,19,23). The fourth-order valence-electron chi connectivity index (χ4n) is 2.37. The highest BCUT2D eigenvalue weighted by Gasteiger charge is 2.22. The van der Waals surface area contributed by atoms with Crippen LogP contribution in [0.3, 0.4) is 0 Å². The van der Waals surface area contributed by atoms with Crippen LogP contribution in [-0.2, 0) is 0 Å². The van der Waals surface area contributed by atoms with Gasteiger partial charge in [0, 0.05) is 38.6 Å². The van der Waals surface area contributed by atoms with E-state index < -0.39 is 0 Å². The normalized spacial score (nSPS) is 15.1. The van der Waals surface area contributed by atoms with E-state index in [0.29, 0.717) is 37.6 Å². The first-order valence-electron chi connectivity index (χ1n) is 7.32. The molecule has 1 saturated heterocycles. The van der Waals surface area contributed by atoms with Crippen molar-refractivity contribution < 1.29 is 9.59 Å². The topological polar surface area (TPSA) is 122 Å². The van der Waals surface area contributed by atoms with E-state index in [1.54, 1.807) is 34.6 Å². The highest BCUT2D eigenvalue weighted by molar-refractivity contribution is 5.90. The molecule has 0 aliphatic carbocycles. The van der Waals surface area contributed by atoms with E-state index in [2.05, 4.69) is 31.0 Å². The number of hydrogen-bond acceptors (Lipinski definition) is 4. The van der Waals surface area contributed by atoms with Gasteiger partial charge in [-0.15, -0.1) is 0 Å². The molecule has 0 aromatic carbocycles. The molecular weight excluding hydrogens is 300 g/mol. The molecule has 0 unspecified atom stereocenters. The molecule has 0 spiro atoms. The highest BCUT2D eigenvalue weighted by Crippen LogP contribution is 2.10. The van der Waals surface area contributed by atoms with Crippen LogP contribution in [-0.4, -0.2) is 68.4 Å². The van der Waals surface area contributed by atoms with Crippen molar-refractivity contribution in [2.45, 2.75) is 6.42 Å². The second-order valence-electron chi connectivity index (χ2n) is 5.16. The first kappa shape index (κ1) is 14.9. The Morgan fingerprint density at radius 3 is 1.74 bits per heavy atom. The van der Waals surface area contributed by atoms with Crippen LogP contribution in [0.25, 0.3) is 0 Å². The lowest BCUT2D eigenvalue weighted by molar-refractivity contribution is 0.205. The number of nitrogens with one attached hydrogen (secondary N) is 4. The lowest BCUT2D eigenvalue weighted by atomic mass is 10.4. The van der Waals surface area contributed by atoms with Crippen LogP contribution in [0.4, 0.5) is 21.0 Å². The van der Waals surface area contributed by atoms with Crippen LogP contribution in [0.5, 0.6) is 0 Å². The van der Waals surface area contributed by atoms with E-state index in [1.165, 1.54) is 0 Å². The average Bonchev–Trinajstić information content (AvgIpc) is 3.17. The third kappa shape index (κ3) is 3.78. The lowest BCUT2D eigenvalue weighted by Crippen LogP contribution is -2.40. The molecule has 23 heavy (non-hydrogen) atoms. The van der Waals surface area contributed by atoms with Gasteiger partial charge in [-0.3, -0.25) is 10.2 Å². The van der Waals surface area contributed by atoms with E-state index in [-0.39, 0.29) is 12.1 Å². The summed E-state index contributed by atoms with van der Waals surface area (Å²) in [6.07, 6.45) is 7.03. The Kier molecular flexibility index (Phi) is 4.41. The molecule has 0 saturated carbocycles. The summed E-state index contributed by atoms with van der Waals surface area (Å²) in [7, 11) is 0. The molecule has 1 fully saturated rings. The van der Waals surface area contributed by atoms with Crippen LogP contribution < -0.4 is 10.6 Å². The average molecular weight is 318 g/mol. The number of carbonyl (C=O) groups excluding carboxylic acids is 2. The van der Waals surface area contributed by atoms with E-state index in [4.69, 9.17) is 0 Å². The quantitative estimate of drug-likeness (QED) is 0.657. The Morgan fingerprint density at radius 2 is 1.35 bits per heavy atom. The van der Waals surface area contributed by atoms with E-state index in [1.807, 2.05) is 0 Å². The number of H-pyrrole nitrogens is 2. The van der Waals surface area contributed by atoms with Gasteiger partial charge in [-0.25, -0.2) is 9.59 Å². The minimum atomic E-state index is -0.191. The van der Waals surface area contributed by atoms with Gasteiger partial charge in [0.15, 0.2) is 0 Å². The zero-order chi connectivity index (χ0) is 16.1. The SMILES string of the molecule is O=C(Nc1cn[nH]c1)N1CCCN(C(=O)Nc2cn[nH]c2)CC1. The maximum Gasteiger partial charge on any atom is 0.321 e. The minimum absolute atomic E-state index is 0.191. The van der Waals surface area contributed by atoms with Crippen molar-refractivity contribution in [3.05, 3.63) is 24.8 Å². The number of amides is 4. The zero-order valence-electron chi connectivity index (χ0n) is 12.5. The molecule has 1 aliphatic heterocycles.